The van der Waals surface area contributed by atoms with E-state index in [9.17, 15) is 4.79 Å². The maximum atomic E-state index is 10.3. The first-order valence-corrected chi connectivity index (χ1v) is 5.38. The molecule has 0 unspecified atom stereocenters. The molecule has 0 radical (unpaired) electrons. The fourth-order valence-electron chi connectivity index (χ4n) is 1.37. The van der Waals surface area contributed by atoms with E-state index in [2.05, 4.69) is 0 Å². The van der Waals surface area contributed by atoms with Crippen LogP contribution in [0.5, 0.6) is 0 Å². The summed E-state index contributed by atoms with van der Waals surface area (Å²) < 4.78 is 36.1. The first kappa shape index (κ1) is 6.86. The van der Waals surface area contributed by atoms with Crippen molar-refractivity contribution in [1.82, 2.24) is 0 Å². The average molecular weight is 205 g/mol. The molecule has 0 atom stereocenters. The Morgan fingerprint density at radius 2 is 1.57 bits per heavy atom. The Bertz CT molecular complexity index is 263. The highest BCUT2D eigenvalue weighted by molar-refractivity contribution is 5.66. The van der Waals surface area contributed by atoms with Crippen LogP contribution in [0.2, 0.25) is 0 Å². The van der Waals surface area contributed by atoms with Crippen molar-refractivity contribution in [3.63, 3.8) is 0 Å². The predicted octanol–water partition coefficient (Wildman–Crippen LogP) is 3.99. The summed E-state index contributed by atoms with van der Waals surface area (Å²) in [6, 6.07) is 0. The van der Waals surface area contributed by atoms with Gasteiger partial charge < -0.3 is 5.11 Å². The molecule has 0 fully saturated rings. The van der Waals surface area contributed by atoms with E-state index in [1.165, 1.54) is 0 Å². The summed E-state index contributed by atoms with van der Waals surface area (Å²) in [5.74, 6) is -0.758. The Kier molecular flexibility index (Phi) is 5.17. The van der Waals surface area contributed by atoms with Gasteiger partial charge in [-0.15, -0.1) is 0 Å². The van der Waals surface area contributed by atoms with Gasteiger partial charge in [0.15, 0.2) is 0 Å². The van der Waals surface area contributed by atoms with Crippen molar-refractivity contribution in [2.45, 2.75) is 71.0 Å². The minimum absolute atomic E-state index is 0.0719. The van der Waals surface area contributed by atoms with E-state index in [1.807, 2.05) is 0 Å². The molecule has 0 saturated carbocycles. The first-order chi connectivity index (χ1) is 8.67. The summed E-state index contributed by atoms with van der Waals surface area (Å²) in [7, 11) is 0. The predicted molar refractivity (Wildman–Crippen MR) is 59.5 cm³/mol. The molecule has 0 rings (SSSR count). The lowest BCUT2D eigenvalue weighted by Crippen LogP contribution is -1.93. The Hall–Kier alpha value is -0.530. The minimum atomic E-state index is -2.54. The zero-order valence-corrected chi connectivity index (χ0v) is 8.72. The monoisotopic (exact) mass is 205 g/mol. The lowest BCUT2D eigenvalue weighted by atomic mass is 10.1. The standard InChI is InChI=1S/C12H24O2/c1-2-3-4-5-6-7-8-9-10-11-12(13)14/h2-11H2,1H3,(H,13,14)/i1D3,2D2. The summed E-state index contributed by atoms with van der Waals surface area (Å²) in [6.45, 7) is -2.54. The third-order valence-electron chi connectivity index (χ3n) is 2.19. The highest BCUT2D eigenvalue weighted by Gasteiger charge is 1.96. The Morgan fingerprint density at radius 3 is 2.07 bits per heavy atom. The molecule has 2 heteroatoms. The summed E-state index contributed by atoms with van der Waals surface area (Å²) in [4.78, 5) is 10.3. The number of hydrogen-bond acceptors (Lipinski definition) is 1. The highest BCUT2D eigenvalue weighted by atomic mass is 16.4. The first-order valence-electron chi connectivity index (χ1n) is 7.88. The molecule has 2 nitrogen and oxygen atoms in total. The number of carboxylic acids is 1. The summed E-state index contributed by atoms with van der Waals surface area (Å²) in [6.07, 6.45) is 4.16. The number of carboxylic acid groups (broad SMARTS) is 1. The molecule has 0 aliphatic carbocycles. The van der Waals surface area contributed by atoms with Crippen molar-refractivity contribution in [2.75, 3.05) is 0 Å². The van der Waals surface area contributed by atoms with Crippen molar-refractivity contribution in [3.8, 4) is 0 Å². The lowest BCUT2D eigenvalue weighted by molar-refractivity contribution is -0.137. The molecule has 14 heavy (non-hydrogen) atoms. The van der Waals surface area contributed by atoms with E-state index >= 15 is 0 Å². The lowest BCUT2D eigenvalue weighted by Gasteiger charge is -2.00. The topological polar surface area (TPSA) is 37.3 Å². The fraction of sp³-hybridized carbons (Fsp3) is 0.917. The summed E-state index contributed by atoms with van der Waals surface area (Å²) in [5.41, 5.74) is 0. The fourth-order valence-corrected chi connectivity index (χ4v) is 1.37. The SMILES string of the molecule is [2H]C([2H])([2H])C([2H])([2H])CCCCCCCCCC(=O)O. The van der Waals surface area contributed by atoms with E-state index in [0.29, 0.717) is 12.8 Å². The molecule has 0 heterocycles. The van der Waals surface area contributed by atoms with Crippen LogP contribution in [-0.4, -0.2) is 11.1 Å². The molecular formula is C12H24O2. The summed E-state index contributed by atoms with van der Waals surface area (Å²) in [5, 5.41) is 8.45. The zero-order valence-electron chi connectivity index (χ0n) is 13.7. The normalized spacial score (nSPS) is 17.6. The smallest absolute Gasteiger partial charge is 0.303 e. The second-order valence-electron chi connectivity index (χ2n) is 3.55. The van der Waals surface area contributed by atoms with Crippen molar-refractivity contribution < 1.29 is 16.8 Å². The molecule has 0 saturated heterocycles. The van der Waals surface area contributed by atoms with E-state index < -0.39 is 19.2 Å². The zero-order chi connectivity index (χ0) is 14.9. The van der Waals surface area contributed by atoms with Gasteiger partial charge in [-0.05, 0) is 6.42 Å². The van der Waals surface area contributed by atoms with Crippen LogP contribution < -0.4 is 0 Å². The van der Waals surface area contributed by atoms with Gasteiger partial charge in [0.1, 0.15) is 0 Å². The van der Waals surface area contributed by atoms with E-state index in [4.69, 9.17) is 12.0 Å². The van der Waals surface area contributed by atoms with Gasteiger partial charge in [-0.25, -0.2) is 0 Å². The second kappa shape index (κ2) is 10.6. The Labute approximate surface area is 94.7 Å². The molecule has 0 aromatic carbocycles. The Balaban J connectivity index is 3.44. The number of unbranched alkanes of at least 4 members (excludes halogenated alkanes) is 6. The van der Waals surface area contributed by atoms with Crippen LogP contribution in [0.25, 0.3) is 0 Å². The average Bonchev–Trinajstić information content (AvgIpc) is 2.24. The van der Waals surface area contributed by atoms with Crippen LogP contribution in [0.15, 0.2) is 0 Å². The van der Waals surface area contributed by atoms with Gasteiger partial charge in [-0.1, -0.05) is 58.2 Å². The van der Waals surface area contributed by atoms with Crippen LogP contribution in [0, 0.1) is 0 Å². The van der Waals surface area contributed by atoms with Crippen LogP contribution in [-0.2, 0) is 4.79 Å². The van der Waals surface area contributed by atoms with Gasteiger partial charge in [-0.3, -0.25) is 4.79 Å². The summed E-state index contributed by atoms with van der Waals surface area (Å²) >= 11 is 0. The van der Waals surface area contributed by atoms with Crippen LogP contribution in [0.4, 0.5) is 0 Å². The number of carbonyl (C=O) groups is 1. The van der Waals surface area contributed by atoms with Crippen molar-refractivity contribution >= 4 is 5.97 Å². The van der Waals surface area contributed by atoms with Gasteiger partial charge in [-0.2, -0.15) is 0 Å². The van der Waals surface area contributed by atoms with Gasteiger partial charge in [0.2, 0.25) is 0 Å². The molecule has 84 valence electrons. The molecule has 0 bridgehead atoms. The van der Waals surface area contributed by atoms with Gasteiger partial charge in [0.25, 0.3) is 0 Å². The van der Waals surface area contributed by atoms with Crippen molar-refractivity contribution in [1.29, 1.82) is 0 Å². The van der Waals surface area contributed by atoms with Gasteiger partial charge >= 0.3 is 5.97 Å². The molecule has 1 N–H and O–H groups in total. The quantitative estimate of drug-likeness (QED) is 0.547. The minimum Gasteiger partial charge on any atom is -0.481 e. The van der Waals surface area contributed by atoms with Crippen LogP contribution in [0.3, 0.4) is 0 Å². The third kappa shape index (κ3) is 11.5. The van der Waals surface area contributed by atoms with E-state index in [0.717, 1.165) is 32.1 Å². The molecule has 0 aliphatic rings. The largest absolute Gasteiger partial charge is 0.481 e. The number of rotatable bonds is 10. The molecule has 0 spiro atoms. The van der Waals surface area contributed by atoms with Crippen molar-refractivity contribution in [3.05, 3.63) is 0 Å². The van der Waals surface area contributed by atoms with Gasteiger partial charge in [0.05, 0.1) is 0 Å². The maximum Gasteiger partial charge on any atom is 0.303 e. The van der Waals surface area contributed by atoms with E-state index in [1.54, 1.807) is 0 Å². The maximum absolute atomic E-state index is 10.3. The molecule has 0 aromatic heterocycles. The van der Waals surface area contributed by atoms with Crippen molar-refractivity contribution in [2.24, 2.45) is 0 Å². The second-order valence-corrected chi connectivity index (χ2v) is 3.55. The molecular weight excluding hydrogens is 176 g/mol. The van der Waals surface area contributed by atoms with E-state index in [-0.39, 0.29) is 12.8 Å². The van der Waals surface area contributed by atoms with Crippen LogP contribution >= 0.6 is 0 Å². The number of hydrogen-bond donors (Lipinski definition) is 1. The van der Waals surface area contributed by atoms with Crippen LogP contribution in [0.1, 0.15) is 77.9 Å². The highest BCUT2D eigenvalue weighted by Crippen LogP contribution is 2.10. The third-order valence-corrected chi connectivity index (χ3v) is 2.19. The molecule has 0 amide bonds. The molecule has 0 aromatic rings. The van der Waals surface area contributed by atoms with Gasteiger partial charge in [0, 0.05) is 13.3 Å². The Morgan fingerprint density at radius 1 is 1.07 bits per heavy atom. The number of aliphatic carboxylic acids is 1. The molecule has 0 aliphatic heterocycles.